The van der Waals surface area contributed by atoms with Crippen LogP contribution in [0.5, 0.6) is 0 Å². The van der Waals surface area contributed by atoms with E-state index in [9.17, 15) is 14.0 Å². The van der Waals surface area contributed by atoms with E-state index in [1.165, 1.54) is 44.6 Å². The number of hydrogen-bond donors (Lipinski definition) is 2. The Morgan fingerprint density at radius 3 is 2.52 bits per heavy atom. The summed E-state index contributed by atoms with van der Waals surface area (Å²) in [4.78, 5) is 26.6. The van der Waals surface area contributed by atoms with Gasteiger partial charge in [0, 0.05) is 29.9 Å². The average Bonchev–Trinajstić information content (AvgIpc) is 3.28. The van der Waals surface area contributed by atoms with Crippen LogP contribution in [0.1, 0.15) is 61.4 Å². The van der Waals surface area contributed by atoms with Gasteiger partial charge in [-0.05, 0) is 94.2 Å². The van der Waals surface area contributed by atoms with Crippen molar-refractivity contribution in [3.8, 4) is 0 Å². The third kappa shape index (κ3) is 6.41. The molecule has 5 nitrogen and oxygen atoms in total. The minimum Gasteiger partial charge on any atom is -0.336 e. The van der Waals surface area contributed by atoms with E-state index in [1.54, 1.807) is 36.4 Å². The van der Waals surface area contributed by atoms with Gasteiger partial charge in [0.2, 0.25) is 0 Å². The number of hydrogen-bond acceptors (Lipinski definition) is 3. The molecular formula is C27H34FN3O2. The molecular weight excluding hydrogens is 417 g/mol. The Balaban J connectivity index is 1.23. The summed E-state index contributed by atoms with van der Waals surface area (Å²) in [5, 5.41) is 5.87. The lowest BCUT2D eigenvalue weighted by Gasteiger charge is -2.38. The molecule has 2 fully saturated rings. The Morgan fingerprint density at radius 1 is 1.03 bits per heavy atom. The number of amides is 2. The number of halogens is 1. The molecule has 1 aliphatic carbocycles. The van der Waals surface area contributed by atoms with Gasteiger partial charge in [0.05, 0.1) is 0 Å². The Labute approximate surface area is 195 Å². The van der Waals surface area contributed by atoms with E-state index in [1.807, 2.05) is 12.1 Å². The largest absolute Gasteiger partial charge is 0.336 e. The van der Waals surface area contributed by atoms with Crippen molar-refractivity contribution < 1.29 is 14.0 Å². The molecule has 176 valence electrons. The van der Waals surface area contributed by atoms with E-state index in [4.69, 9.17) is 0 Å². The number of ketones is 1. The number of benzene rings is 2. The van der Waals surface area contributed by atoms with E-state index < -0.39 is 0 Å². The van der Waals surface area contributed by atoms with E-state index in [2.05, 4.69) is 15.5 Å². The number of Topliss-reactive ketones (excluding diaryl/α,β-unsaturated/α-hetero) is 1. The van der Waals surface area contributed by atoms with Crippen LogP contribution < -0.4 is 10.6 Å². The smallest absolute Gasteiger partial charge is 0.319 e. The maximum atomic E-state index is 13.1. The van der Waals surface area contributed by atoms with Gasteiger partial charge in [0.15, 0.2) is 5.78 Å². The fourth-order valence-electron chi connectivity index (χ4n) is 5.39. The van der Waals surface area contributed by atoms with Gasteiger partial charge in [-0.25, -0.2) is 9.18 Å². The van der Waals surface area contributed by atoms with Crippen LogP contribution in [-0.2, 0) is 6.42 Å². The van der Waals surface area contributed by atoms with E-state index in [-0.39, 0.29) is 17.6 Å². The summed E-state index contributed by atoms with van der Waals surface area (Å²) in [6.45, 7) is 3.25. The van der Waals surface area contributed by atoms with Crippen LogP contribution in [-0.4, -0.2) is 41.9 Å². The second-order valence-electron chi connectivity index (χ2n) is 9.51. The molecule has 0 unspecified atom stereocenters. The van der Waals surface area contributed by atoms with Crippen LogP contribution in [0, 0.1) is 11.7 Å². The SMILES string of the molecule is CC(=O)c1cccc(NC(=O)NC[C@@H]2CCCN2[C@H]2CC[C@H](Cc3ccc(F)cc3)CC2)c1. The Hall–Kier alpha value is -2.73. The predicted molar refractivity (Wildman–Crippen MR) is 129 cm³/mol. The van der Waals surface area contributed by atoms with Gasteiger partial charge in [-0.2, -0.15) is 0 Å². The van der Waals surface area contributed by atoms with Gasteiger partial charge in [-0.15, -0.1) is 0 Å². The molecule has 1 atom stereocenters. The van der Waals surface area contributed by atoms with E-state index in [0.717, 1.165) is 19.4 Å². The molecule has 2 aromatic carbocycles. The normalized spacial score (nSPS) is 23.3. The number of carbonyl (C=O) groups excluding carboxylic acids is 2. The third-order valence-corrected chi connectivity index (χ3v) is 7.17. The summed E-state index contributed by atoms with van der Waals surface area (Å²) in [6.07, 6.45) is 8.08. The molecule has 2 N–H and O–H groups in total. The molecule has 2 aliphatic rings. The van der Waals surface area contributed by atoms with Crippen LogP contribution in [0.25, 0.3) is 0 Å². The molecule has 0 bridgehead atoms. The first-order valence-corrected chi connectivity index (χ1v) is 12.1. The van der Waals surface area contributed by atoms with Crippen molar-refractivity contribution in [2.75, 3.05) is 18.4 Å². The zero-order chi connectivity index (χ0) is 23.2. The van der Waals surface area contributed by atoms with Crippen molar-refractivity contribution in [2.45, 2.75) is 64.0 Å². The lowest BCUT2D eigenvalue weighted by atomic mass is 9.81. The molecule has 1 saturated heterocycles. The quantitative estimate of drug-likeness (QED) is 0.553. The maximum Gasteiger partial charge on any atom is 0.319 e. The molecule has 1 aliphatic heterocycles. The van der Waals surface area contributed by atoms with Crippen molar-refractivity contribution in [3.05, 3.63) is 65.5 Å². The molecule has 4 rings (SSSR count). The number of carbonyl (C=O) groups is 2. The number of nitrogens with one attached hydrogen (secondary N) is 2. The lowest BCUT2D eigenvalue weighted by molar-refractivity contribution is 0.101. The highest BCUT2D eigenvalue weighted by Gasteiger charge is 2.33. The lowest BCUT2D eigenvalue weighted by Crippen LogP contribution is -2.47. The Bertz CT molecular complexity index is 954. The first-order valence-electron chi connectivity index (χ1n) is 12.1. The molecule has 1 heterocycles. The van der Waals surface area contributed by atoms with Crippen LogP contribution in [0.15, 0.2) is 48.5 Å². The summed E-state index contributed by atoms with van der Waals surface area (Å²) >= 11 is 0. The second kappa shape index (κ2) is 10.9. The molecule has 0 aromatic heterocycles. The molecule has 2 amide bonds. The van der Waals surface area contributed by atoms with Crippen LogP contribution in [0.4, 0.5) is 14.9 Å². The Morgan fingerprint density at radius 2 is 1.79 bits per heavy atom. The van der Waals surface area contributed by atoms with Crippen molar-refractivity contribution >= 4 is 17.5 Å². The molecule has 1 saturated carbocycles. The summed E-state index contributed by atoms with van der Waals surface area (Å²) < 4.78 is 13.1. The average molecular weight is 452 g/mol. The monoisotopic (exact) mass is 451 g/mol. The number of nitrogens with zero attached hydrogens (tertiary/aromatic N) is 1. The second-order valence-corrected chi connectivity index (χ2v) is 9.51. The van der Waals surface area contributed by atoms with Crippen molar-refractivity contribution in [3.63, 3.8) is 0 Å². The van der Waals surface area contributed by atoms with E-state index >= 15 is 0 Å². The van der Waals surface area contributed by atoms with Crippen molar-refractivity contribution in [1.82, 2.24) is 10.2 Å². The Kier molecular flexibility index (Phi) is 7.76. The number of rotatable bonds is 7. The van der Waals surface area contributed by atoms with Crippen LogP contribution >= 0.6 is 0 Å². The standard InChI is InChI=1S/C27H34FN3O2/c1-19(32)22-4-2-5-24(17-22)30-27(33)29-18-26-6-3-15-31(26)25-13-9-21(10-14-25)16-20-7-11-23(28)12-8-20/h2,4-5,7-8,11-12,17,21,25-26H,3,6,9-10,13-16,18H2,1H3,(H2,29,30,33)/t21-,25-,26-/m0/s1. The van der Waals surface area contributed by atoms with Crippen molar-refractivity contribution in [1.29, 1.82) is 0 Å². The molecule has 0 spiro atoms. The maximum absolute atomic E-state index is 13.1. The van der Waals surface area contributed by atoms with Gasteiger partial charge in [-0.3, -0.25) is 9.69 Å². The first kappa shape index (κ1) is 23.4. The fourth-order valence-corrected chi connectivity index (χ4v) is 5.39. The zero-order valence-electron chi connectivity index (χ0n) is 19.4. The highest BCUT2D eigenvalue weighted by Crippen LogP contribution is 2.33. The first-order chi connectivity index (χ1) is 16.0. The van der Waals surface area contributed by atoms with Gasteiger partial charge in [0.1, 0.15) is 5.82 Å². The minimum atomic E-state index is -0.231. The predicted octanol–water partition coefficient (Wildman–Crippen LogP) is 5.42. The van der Waals surface area contributed by atoms with Crippen LogP contribution in [0.2, 0.25) is 0 Å². The van der Waals surface area contributed by atoms with E-state index in [0.29, 0.717) is 35.8 Å². The summed E-state index contributed by atoms with van der Waals surface area (Å²) in [7, 11) is 0. The molecule has 6 heteroatoms. The van der Waals surface area contributed by atoms with Gasteiger partial charge in [-0.1, -0.05) is 24.3 Å². The van der Waals surface area contributed by atoms with Crippen LogP contribution in [0.3, 0.4) is 0 Å². The summed E-state index contributed by atoms with van der Waals surface area (Å²) in [5.74, 6) is 0.477. The molecule has 0 radical (unpaired) electrons. The number of urea groups is 1. The van der Waals surface area contributed by atoms with Crippen molar-refractivity contribution in [2.24, 2.45) is 5.92 Å². The van der Waals surface area contributed by atoms with Gasteiger partial charge < -0.3 is 10.6 Å². The molecule has 2 aromatic rings. The van der Waals surface area contributed by atoms with Gasteiger partial charge >= 0.3 is 6.03 Å². The minimum absolute atomic E-state index is 0.0203. The summed E-state index contributed by atoms with van der Waals surface area (Å²) in [6, 6.07) is 14.7. The third-order valence-electron chi connectivity index (χ3n) is 7.17. The highest BCUT2D eigenvalue weighted by atomic mass is 19.1. The fraction of sp³-hybridized carbons (Fsp3) is 0.481. The zero-order valence-corrected chi connectivity index (χ0v) is 19.4. The number of likely N-dealkylation sites (tertiary alicyclic amines) is 1. The number of anilines is 1. The highest BCUT2D eigenvalue weighted by molar-refractivity contribution is 5.96. The summed E-state index contributed by atoms with van der Waals surface area (Å²) in [5.41, 5.74) is 2.44. The topological polar surface area (TPSA) is 61.4 Å². The van der Waals surface area contributed by atoms with Gasteiger partial charge in [0.25, 0.3) is 0 Å². The molecule has 33 heavy (non-hydrogen) atoms.